The topological polar surface area (TPSA) is 55.1 Å². The van der Waals surface area contributed by atoms with Crippen molar-refractivity contribution < 1.29 is 4.79 Å². The lowest BCUT2D eigenvalue weighted by Crippen LogP contribution is -2.08. The maximum absolute atomic E-state index is 11.7. The molecule has 3 N–H and O–H groups in total. The number of halogens is 1. The predicted octanol–water partition coefficient (Wildman–Crippen LogP) is 3.57. The van der Waals surface area contributed by atoms with Gasteiger partial charge >= 0.3 is 0 Å². The van der Waals surface area contributed by atoms with Gasteiger partial charge in [0.05, 0.1) is 10.7 Å². The molecule has 0 aliphatic rings. The molecule has 0 aromatic heterocycles. The highest BCUT2D eigenvalue weighted by Gasteiger charge is 2.03. The second kappa shape index (κ2) is 6.07. The van der Waals surface area contributed by atoms with Crippen molar-refractivity contribution in [3.8, 4) is 0 Å². The van der Waals surface area contributed by atoms with E-state index >= 15 is 0 Å². The fourth-order valence-electron chi connectivity index (χ4n) is 1.54. The number of nitrogens with two attached hydrogens (primary N) is 1. The Morgan fingerprint density at radius 3 is 2.58 bits per heavy atom. The first-order chi connectivity index (χ1) is 9.15. The van der Waals surface area contributed by atoms with Crippen molar-refractivity contribution in [2.24, 2.45) is 0 Å². The maximum Gasteiger partial charge on any atom is 0.248 e. The van der Waals surface area contributed by atoms with Crippen LogP contribution in [0.3, 0.4) is 0 Å². The molecule has 0 radical (unpaired) electrons. The van der Waals surface area contributed by atoms with Crippen LogP contribution in [-0.2, 0) is 4.79 Å². The predicted molar refractivity (Wildman–Crippen MR) is 80.0 cm³/mol. The molecule has 96 valence electrons. The van der Waals surface area contributed by atoms with Crippen LogP contribution in [-0.4, -0.2) is 5.91 Å². The van der Waals surface area contributed by atoms with E-state index in [0.717, 1.165) is 5.56 Å². The smallest absolute Gasteiger partial charge is 0.248 e. The molecule has 0 saturated carbocycles. The van der Waals surface area contributed by atoms with E-state index in [1.165, 1.54) is 6.08 Å². The molecule has 1 amide bonds. The summed E-state index contributed by atoms with van der Waals surface area (Å²) in [6.45, 7) is 0. The molecule has 2 rings (SSSR count). The van der Waals surface area contributed by atoms with Gasteiger partial charge in [0.2, 0.25) is 5.91 Å². The lowest BCUT2D eigenvalue weighted by molar-refractivity contribution is -0.111. The number of rotatable bonds is 3. The third kappa shape index (κ3) is 3.86. The van der Waals surface area contributed by atoms with Crippen LogP contribution >= 0.6 is 11.6 Å². The average Bonchev–Trinajstić information content (AvgIpc) is 2.41. The van der Waals surface area contributed by atoms with E-state index in [-0.39, 0.29) is 5.91 Å². The Hall–Kier alpha value is -2.26. The van der Waals surface area contributed by atoms with E-state index in [4.69, 9.17) is 17.3 Å². The molecule has 2 aromatic rings. The number of hydrogen-bond acceptors (Lipinski definition) is 2. The Labute approximate surface area is 116 Å². The Bertz CT molecular complexity index is 609. The van der Waals surface area contributed by atoms with Gasteiger partial charge < -0.3 is 11.1 Å². The van der Waals surface area contributed by atoms with Crippen LogP contribution in [0, 0.1) is 0 Å². The number of carbonyl (C=O) groups is 1. The van der Waals surface area contributed by atoms with Crippen LogP contribution in [0.2, 0.25) is 5.02 Å². The van der Waals surface area contributed by atoms with Gasteiger partial charge in [-0.05, 0) is 29.8 Å². The van der Waals surface area contributed by atoms with Crippen LogP contribution in [0.4, 0.5) is 11.4 Å². The lowest BCUT2D eigenvalue weighted by Gasteiger charge is -2.05. The highest BCUT2D eigenvalue weighted by atomic mass is 35.5. The monoisotopic (exact) mass is 272 g/mol. The fourth-order valence-corrected chi connectivity index (χ4v) is 1.78. The molecule has 2 aromatic carbocycles. The van der Waals surface area contributed by atoms with Crippen molar-refractivity contribution in [1.29, 1.82) is 0 Å². The largest absolute Gasteiger partial charge is 0.399 e. The number of nitrogen functional groups attached to an aromatic ring is 1. The Balaban J connectivity index is 2.04. The van der Waals surface area contributed by atoms with E-state index in [0.29, 0.717) is 16.4 Å². The molecule has 3 nitrogen and oxygen atoms in total. The summed E-state index contributed by atoms with van der Waals surface area (Å²) in [6, 6.07) is 14.5. The minimum atomic E-state index is -0.240. The van der Waals surface area contributed by atoms with E-state index in [2.05, 4.69) is 5.32 Å². The van der Waals surface area contributed by atoms with Crippen molar-refractivity contribution in [3.05, 3.63) is 65.2 Å². The molecule has 19 heavy (non-hydrogen) atoms. The Kier molecular flexibility index (Phi) is 4.21. The van der Waals surface area contributed by atoms with Crippen LogP contribution in [0.25, 0.3) is 6.08 Å². The zero-order chi connectivity index (χ0) is 13.7. The third-order valence-electron chi connectivity index (χ3n) is 2.48. The summed E-state index contributed by atoms with van der Waals surface area (Å²) in [5.41, 5.74) is 7.64. The molecule has 0 spiro atoms. The number of nitrogens with one attached hydrogen (secondary N) is 1. The highest BCUT2D eigenvalue weighted by Crippen LogP contribution is 2.23. The number of benzene rings is 2. The molecular formula is C15H13ClN2O. The summed E-state index contributed by atoms with van der Waals surface area (Å²) < 4.78 is 0. The summed E-state index contributed by atoms with van der Waals surface area (Å²) >= 11 is 5.97. The first kappa shape index (κ1) is 13.2. The Morgan fingerprint density at radius 2 is 1.89 bits per heavy atom. The molecule has 0 unspecified atom stereocenters. The molecule has 0 atom stereocenters. The fraction of sp³-hybridized carbons (Fsp3) is 0. The standard InChI is InChI=1S/C15H13ClN2O/c16-13-10-12(17)7-8-14(13)18-15(19)9-6-11-4-2-1-3-5-11/h1-10H,17H2,(H,18,19)/b9-6+. The zero-order valence-corrected chi connectivity index (χ0v) is 10.9. The van der Waals surface area contributed by atoms with Gasteiger partial charge in [0.25, 0.3) is 0 Å². The van der Waals surface area contributed by atoms with Crippen molar-refractivity contribution in [2.45, 2.75) is 0 Å². The normalized spacial score (nSPS) is 10.6. The zero-order valence-electron chi connectivity index (χ0n) is 10.1. The molecule has 0 bridgehead atoms. The van der Waals surface area contributed by atoms with E-state index in [1.807, 2.05) is 30.3 Å². The first-order valence-corrected chi connectivity index (χ1v) is 6.12. The maximum atomic E-state index is 11.7. The van der Waals surface area contributed by atoms with Crippen molar-refractivity contribution in [3.63, 3.8) is 0 Å². The van der Waals surface area contributed by atoms with Gasteiger partial charge in [0, 0.05) is 11.8 Å². The minimum Gasteiger partial charge on any atom is -0.399 e. The third-order valence-corrected chi connectivity index (χ3v) is 2.79. The molecule has 0 saturated heterocycles. The SMILES string of the molecule is Nc1ccc(NC(=O)/C=C/c2ccccc2)c(Cl)c1. The van der Waals surface area contributed by atoms with Gasteiger partial charge in [-0.25, -0.2) is 0 Å². The van der Waals surface area contributed by atoms with E-state index in [9.17, 15) is 4.79 Å². The summed E-state index contributed by atoms with van der Waals surface area (Å²) in [7, 11) is 0. The van der Waals surface area contributed by atoms with Crippen molar-refractivity contribution in [1.82, 2.24) is 0 Å². The molecule has 0 heterocycles. The van der Waals surface area contributed by atoms with Gasteiger partial charge in [-0.1, -0.05) is 41.9 Å². The van der Waals surface area contributed by atoms with Gasteiger partial charge in [0.15, 0.2) is 0 Å². The summed E-state index contributed by atoms with van der Waals surface area (Å²) in [5, 5.41) is 3.11. The van der Waals surface area contributed by atoms with Crippen LogP contribution in [0.1, 0.15) is 5.56 Å². The quantitative estimate of drug-likeness (QED) is 0.663. The average molecular weight is 273 g/mol. The number of carbonyl (C=O) groups excluding carboxylic acids is 1. The molecule has 0 fully saturated rings. The Morgan fingerprint density at radius 1 is 1.16 bits per heavy atom. The van der Waals surface area contributed by atoms with E-state index in [1.54, 1.807) is 24.3 Å². The van der Waals surface area contributed by atoms with Crippen molar-refractivity contribution >= 4 is 35.0 Å². The molecule has 0 aliphatic heterocycles. The van der Waals surface area contributed by atoms with Crippen LogP contribution < -0.4 is 11.1 Å². The summed E-state index contributed by atoms with van der Waals surface area (Å²) in [4.78, 5) is 11.7. The summed E-state index contributed by atoms with van der Waals surface area (Å²) in [5.74, 6) is -0.240. The number of anilines is 2. The lowest BCUT2D eigenvalue weighted by atomic mass is 10.2. The highest BCUT2D eigenvalue weighted by molar-refractivity contribution is 6.34. The second-order valence-electron chi connectivity index (χ2n) is 3.97. The second-order valence-corrected chi connectivity index (χ2v) is 4.38. The van der Waals surface area contributed by atoms with Gasteiger partial charge in [-0.15, -0.1) is 0 Å². The van der Waals surface area contributed by atoms with Crippen LogP contribution in [0.15, 0.2) is 54.6 Å². The minimum absolute atomic E-state index is 0.240. The van der Waals surface area contributed by atoms with Crippen LogP contribution in [0.5, 0.6) is 0 Å². The summed E-state index contributed by atoms with van der Waals surface area (Å²) in [6.07, 6.45) is 3.20. The van der Waals surface area contributed by atoms with Gasteiger partial charge in [0.1, 0.15) is 0 Å². The van der Waals surface area contributed by atoms with Crippen molar-refractivity contribution in [2.75, 3.05) is 11.1 Å². The molecular weight excluding hydrogens is 260 g/mol. The number of amides is 1. The van der Waals surface area contributed by atoms with Gasteiger partial charge in [-0.2, -0.15) is 0 Å². The first-order valence-electron chi connectivity index (χ1n) is 5.74. The van der Waals surface area contributed by atoms with E-state index < -0.39 is 0 Å². The molecule has 0 aliphatic carbocycles. The van der Waals surface area contributed by atoms with Gasteiger partial charge in [-0.3, -0.25) is 4.79 Å². The number of hydrogen-bond donors (Lipinski definition) is 2. The molecule has 4 heteroatoms.